The number of aromatic nitrogens is 2. The third kappa shape index (κ3) is 5.06. The van der Waals surface area contributed by atoms with Crippen molar-refractivity contribution in [3.63, 3.8) is 0 Å². The number of halogens is 2. The average molecular weight is 422 g/mol. The summed E-state index contributed by atoms with van der Waals surface area (Å²) in [6, 6.07) is 5.38. The normalized spacial score (nSPS) is 19.2. The Labute approximate surface area is 175 Å². The molecule has 0 saturated heterocycles. The predicted octanol–water partition coefficient (Wildman–Crippen LogP) is 4.31. The SMILES string of the molecule is Cc1cnc(N[C@H]2CC[C@@H](NC(=O)c3ccc(Cl)c(Cl)c3)CC2)nc1N(C)C. The standard InChI is InChI=1S/C20H25Cl2N5O/c1-12-11-23-20(26-18(12)27(2)3)25-15-7-5-14(6-8-15)24-19(28)13-4-9-16(21)17(22)10-13/h4,9-11,14-15H,5-8H2,1-3H3,(H,24,28)(H,23,25,26)/t14-,15+. The number of carbonyl (C=O) groups is 1. The van der Waals surface area contributed by atoms with Crippen LogP contribution in [0.3, 0.4) is 0 Å². The summed E-state index contributed by atoms with van der Waals surface area (Å²) in [4.78, 5) is 23.4. The largest absolute Gasteiger partial charge is 0.362 e. The maximum absolute atomic E-state index is 12.4. The molecular formula is C20H25Cl2N5O. The Hall–Kier alpha value is -2.05. The predicted molar refractivity (Wildman–Crippen MR) is 115 cm³/mol. The van der Waals surface area contributed by atoms with Crippen molar-refractivity contribution < 1.29 is 4.79 Å². The molecule has 0 unspecified atom stereocenters. The van der Waals surface area contributed by atoms with Crippen molar-refractivity contribution in [2.24, 2.45) is 0 Å². The molecule has 2 N–H and O–H groups in total. The van der Waals surface area contributed by atoms with Gasteiger partial charge in [-0.2, -0.15) is 4.98 Å². The molecular weight excluding hydrogens is 397 g/mol. The highest BCUT2D eigenvalue weighted by Gasteiger charge is 2.23. The first-order valence-corrected chi connectivity index (χ1v) is 10.1. The van der Waals surface area contributed by atoms with E-state index in [4.69, 9.17) is 23.2 Å². The van der Waals surface area contributed by atoms with Crippen LogP contribution in [0.4, 0.5) is 11.8 Å². The monoisotopic (exact) mass is 421 g/mol. The number of hydrogen-bond donors (Lipinski definition) is 2. The molecule has 1 aliphatic carbocycles. The lowest BCUT2D eigenvalue weighted by atomic mass is 9.91. The lowest BCUT2D eigenvalue weighted by Gasteiger charge is -2.30. The van der Waals surface area contributed by atoms with E-state index in [2.05, 4.69) is 20.6 Å². The third-order valence-electron chi connectivity index (χ3n) is 4.95. The van der Waals surface area contributed by atoms with Gasteiger partial charge in [0.15, 0.2) is 0 Å². The molecule has 1 aliphatic rings. The zero-order valence-electron chi connectivity index (χ0n) is 16.3. The first kappa shape index (κ1) is 20.7. The molecule has 1 fully saturated rings. The van der Waals surface area contributed by atoms with E-state index in [1.54, 1.807) is 18.2 Å². The number of anilines is 2. The molecule has 1 saturated carbocycles. The summed E-state index contributed by atoms with van der Waals surface area (Å²) in [5.74, 6) is 1.45. The van der Waals surface area contributed by atoms with E-state index >= 15 is 0 Å². The van der Waals surface area contributed by atoms with E-state index in [0.717, 1.165) is 37.1 Å². The summed E-state index contributed by atoms with van der Waals surface area (Å²) >= 11 is 11.9. The molecule has 150 valence electrons. The van der Waals surface area contributed by atoms with Gasteiger partial charge in [-0.05, 0) is 50.8 Å². The highest BCUT2D eigenvalue weighted by atomic mass is 35.5. The van der Waals surface area contributed by atoms with Crippen LogP contribution in [0.15, 0.2) is 24.4 Å². The minimum absolute atomic E-state index is 0.118. The Morgan fingerprint density at radius 2 is 1.79 bits per heavy atom. The summed E-state index contributed by atoms with van der Waals surface area (Å²) in [5.41, 5.74) is 1.57. The summed E-state index contributed by atoms with van der Waals surface area (Å²) < 4.78 is 0. The Bertz CT molecular complexity index is 850. The van der Waals surface area contributed by atoms with Gasteiger partial charge in [-0.1, -0.05) is 23.2 Å². The van der Waals surface area contributed by atoms with E-state index in [1.165, 1.54) is 0 Å². The molecule has 0 atom stereocenters. The summed E-state index contributed by atoms with van der Waals surface area (Å²) in [7, 11) is 3.95. The fourth-order valence-corrected chi connectivity index (χ4v) is 3.72. The molecule has 6 nitrogen and oxygen atoms in total. The van der Waals surface area contributed by atoms with Crippen LogP contribution in [0.5, 0.6) is 0 Å². The highest BCUT2D eigenvalue weighted by molar-refractivity contribution is 6.42. The quantitative estimate of drug-likeness (QED) is 0.752. The average Bonchev–Trinajstić information content (AvgIpc) is 2.66. The van der Waals surface area contributed by atoms with E-state index in [-0.39, 0.29) is 11.9 Å². The van der Waals surface area contributed by atoms with Crippen LogP contribution < -0.4 is 15.5 Å². The Kier molecular flexibility index (Phi) is 6.62. The Balaban J connectivity index is 1.52. The molecule has 3 rings (SSSR count). The van der Waals surface area contributed by atoms with Crippen molar-refractivity contribution in [2.75, 3.05) is 24.3 Å². The van der Waals surface area contributed by atoms with E-state index in [9.17, 15) is 4.79 Å². The molecule has 0 radical (unpaired) electrons. The van der Waals surface area contributed by atoms with Gasteiger partial charge in [-0.15, -0.1) is 0 Å². The van der Waals surface area contributed by atoms with E-state index in [1.807, 2.05) is 32.1 Å². The number of nitrogens with zero attached hydrogens (tertiary/aromatic N) is 3. The van der Waals surface area contributed by atoms with Gasteiger partial charge >= 0.3 is 0 Å². The maximum Gasteiger partial charge on any atom is 0.251 e. The van der Waals surface area contributed by atoms with Crippen molar-refractivity contribution >= 4 is 40.9 Å². The van der Waals surface area contributed by atoms with Crippen LogP contribution >= 0.6 is 23.2 Å². The zero-order valence-corrected chi connectivity index (χ0v) is 17.8. The summed E-state index contributed by atoms with van der Waals surface area (Å²) in [6.45, 7) is 2.00. The smallest absolute Gasteiger partial charge is 0.251 e. The summed E-state index contributed by atoms with van der Waals surface area (Å²) in [6.07, 6.45) is 5.53. The lowest BCUT2D eigenvalue weighted by Crippen LogP contribution is -2.40. The number of nitrogens with one attached hydrogen (secondary N) is 2. The van der Waals surface area contributed by atoms with E-state index < -0.39 is 0 Å². The molecule has 1 aromatic heterocycles. The molecule has 1 heterocycles. The first-order valence-electron chi connectivity index (χ1n) is 9.37. The lowest BCUT2D eigenvalue weighted by molar-refractivity contribution is 0.0926. The van der Waals surface area contributed by atoms with Gasteiger partial charge in [-0.3, -0.25) is 4.79 Å². The van der Waals surface area contributed by atoms with Crippen LogP contribution in [0.1, 0.15) is 41.6 Å². The van der Waals surface area contributed by atoms with Crippen LogP contribution in [0.25, 0.3) is 0 Å². The Morgan fingerprint density at radius 1 is 1.11 bits per heavy atom. The van der Waals surface area contributed by atoms with Gasteiger partial charge in [0, 0.05) is 43.5 Å². The summed E-state index contributed by atoms with van der Waals surface area (Å²) in [5, 5.41) is 7.35. The van der Waals surface area contributed by atoms with Gasteiger partial charge in [-0.25, -0.2) is 4.98 Å². The highest BCUT2D eigenvalue weighted by Crippen LogP contribution is 2.25. The fraction of sp³-hybridized carbons (Fsp3) is 0.450. The van der Waals surface area contributed by atoms with Crippen molar-refractivity contribution in [3.05, 3.63) is 45.6 Å². The molecule has 0 aliphatic heterocycles. The number of aryl methyl sites for hydroxylation is 1. The maximum atomic E-state index is 12.4. The number of benzene rings is 1. The molecule has 0 spiro atoms. The molecule has 1 amide bonds. The zero-order chi connectivity index (χ0) is 20.3. The van der Waals surface area contributed by atoms with Crippen molar-refractivity contribution in [3.8, 4) is 0 Å². The molecule has 8 heteroatoms. The number of hydrogen-bond acceptors (Lipinski definition) is 5. The van der Waals surface area contributed by atoms with Gasteiger partial charge in [0.25, 0.3) is 5.91 Å². The van der Waals surface area contributed by atoms with Crippen molar-refractivity contribution in [1.29, 1.82) is 0 Å². The first-order chi connectivity index (χ1) is 13.3. The van der Waals surface area contributed by atoms with Crippen LogP contribution in [0.2, 0.25) is 10.0 Å². The van der Waals surface area contributed by atoms with Crippen LogP contribution in [-0.4, -0.2) is 42.1 Å². The van der Waals surface area contributed by atoms with Crippen molar-refractivity contribution in [1.82, 2.24) is 15.3 Å². The second kappa shape index (κ2) is 8.97. The minimum atomic E-state index is -0.118. The topological polar surface area (TPSA) is 70.1 Å². The van der Waals surface area contributed by atoms with Crippen molar-refractivity contribution in [2.45, 2.75) is 44.7 Å². The molecule has 28 heavy (non-hydrogen) atoms. The van der Waals surface area contributed by atoms with Crippen LogP contribution in [-0.2, 0) is 0 Å². The number of carbonyl (C=O) groups excluding carboxylic acids is 1. The van der Waals surface area contributed by atoms with Gasteiger partial charge in [0.1, 0.15) is 5.82 Å². The fourth-order valence-electron chi connectivity index (χ4n) is 3.43. The minimum Gasteiger partial charge on any atom is -0.362 e. The van der Waals surface area contributed by atoms with Gasteiger partial charge in [0.2, 0.25) is 5.95 Å². The number of rotatable bonds is 5. The van der Waals surface area contributed by atoms with E-state index in [0.29, 0.717) is 27.6 Å². The second-order valence-corrected chi connectivity index (χ2v) is 8.20. The molecule has 2 aromatic rings. The second-order valence-electron chi connectivity index (χ2n) is 7.39. The molecule has 0 bridgehead atoms. The van der Waals surface area contributed by atoms with Gasteiger partial charge in [0.05, 0.1) is 10.0 Å². The Morgan fingerprint density at radius 3 is 2.43 bits per heavy atom. The molecule has 1 aromatic carbocycles. The van der Waals surface area contributed by atoms with Crippen LogP contribution in [0, 0.1) is 6.92 Å². The third-order valence-corrected chi connectivity index (χ3v) is 5.69. The van der Waals surface area contributed by atoms with Gasteiger partial charge < -0.3 is 15.5 Å². The number of amides is 1.